The van der Waals surface area contributed by atoms with Crippen molar-refractivity contribution in [1.29, 1.82) is 0 Å². The Morgan fingerprint density at radius 1 is 1.50 bits per heavy atom. The number of nitrogens with one attached hydrogen (secondary N) is 1. The van der Waals surface area contributed by atoms with E-state index >= 15 is 0 Å². The molecule has 0 saturated carbocycles. The van der Waals surface area contributed by atoms with Crippen LogP contribution in [0.4, 0.5) is 10.1 Å². The summed E-state index contributed by atoms with van der Waals surface area (Å²) in [5.74, 6) is -2.26. The molecule has 0 aromatic heterocycles. The monoisotopic (exact) mass is 277 g/mol. The SMILES string of the molecule is COc1cc(NS(=O)(=O)C(C)C(=O)O)ccc1F. The molecule has 1 rings (SSSR count). The van der Waals surface area contributed by atoms with Crippen LogP contribution >= 0.6 is 0 Å². The first-order chi connectivity index (χ1) is 8.27. The molecule has 8 heteroatoms. The van der Waals surface area contributed by atoms with Crippen molar-refractivity contribution in [3.05, 3.63) is 24.0 Å². The predicted octanol–water partition coefficient (Wildman–Crippen LogP) is 1.05. The second-order valence-corrected chi connectivity index (χ2v) is 5.48. The standard InChI is InChI=1S/C10H12FNO5S/c1-6(10(13)14)18(15,16)12-7-3-4-8(11)9(5-7)17-2/h3-6,12H,1-2H3,(H,13,14). The number of hydrogen-bond donors (Lipinski definition) is 2. The van der Waals surface area contributed by atoms with Gasteiger partial charge in [-0.15, -0.1) is 0 Å². The molecular formula is C10H12FNO5S. The Kier molecular flexibility index (Phi) is 4.12. The summed E-state index contributed by atoms with van der Waals surface area (Å²) in [7, 11) is -2.85. The minimum Gasteiger partial charge on any atom is -0.494 e. The van der Waals surface area contributed by atoms with E-state index in [1.165, 1.54) is 13.2 Å². The quantitative estimate of drug-likeness (QED) is 0.839. The molecule has 0 aliphatic heterocycles. The van der Waals surface area contributed by atoms with Crippen molar-refractivity contribution in [2.24, 2.45) is 0 Å². The van der Waals surface area contributed by atoms with Gasteiger partial charge in [0.05, 0.1) is 12.8 Å². The molecule has 1 unspecified atom stereocenters. The zero-order valence-electron chi connectivity index (χ0n) is 9.68. The number of methoxy groups -OCH3 is 1. The summed E-state index contributed by atoms with van der Waals surface area (Å²) in [5, 5.41) is 7.02. The van der Waals surface area contributed by atoms with E-state index in [-0.39, 0.29) is 11.4 Å². The molecule has 0 aliphatic rings. The van der Waals surface area contributed by atoms with Crippen LogP contribution in [0, 0.1) is 5.82 Å². The van der Waals surface area contributed by atoms with E-state index in [2.05, 4.69) is 4.74 Å². The van der Waals surface area contributed by atoms with Crippen LogP contribution in [0.2, 0.25) is 0 Å². The van der Waals surface area contributed by atoms with Crippen LogP contribution < -0.4 is 9.46 Å². The Hall–Kier alpha value is -1.83. The molecule has 6 nitrogen and oxygen atoms in total. The molecule has 0 aliphatic carbocycles. The number of benzene rings is 1. The van der Waals surface area contributed by atoms with Gasteiger partial charge in [0, 0.05) is 6.07 Å². The highest BCUT2D eigenvalue weighted by Crippen LogP contribution is 2.22. The van der Waals surface area contributed by atoms with Gasteiger partial charge < -0.3 is 9.84 Å². The van der Waals surface area contributed by atoms with E-state index < -0.39 is 27.1 Å². The van der Waals surface area contributed by atoms with Gasteiger partial charge in [-0.3, -0.25) is 9.52 Å². The lowest BCUT2D eigenvalue weighted by atomic mass is 10.3. The summed E-state index contributed by atoms with van der Waals surface area (Å²) in [6, 6.07) is 3.31. The van der Waals surface area contributed by atoms with E-state index in [4.69, 9.17) is 5.11 Å². The molecule has 1 atom stereocenters. The lowest BCUT2D eigenvalue weighted by Crippen LogP contribution is -2.32. The topological polar surface area (TPSA) is 92.7 Å². The maximum Gasteiger partial charge on any atom is 0.323 e. The fraction of sp³-hybridized carbons (Fsp3) is 0.300. The first-order valence-electron chi connectivity index (χ1n) is 4.86. The summed E-state index contributed by atoms with van der Waals surface area (Å²) < 4.78 is 43.0. The first-order valence-corrected chi connectivity index (χ1v) is 6.40. The van der Waals surface area contributed by atoms with Crippen molar-refractivity contribution < 1.29 is 27.4 Å². The first kappa shape index (κ1) is 14.2. The number of rotatable bonds is 5. The van der Waals surface area contributed by atoms with E-state index in [1.807, 2.05) is 4.72 Å². The van der Waals surface area contributed by atoms with Crippen molar-refractivity contribution >= 4 is 21.7 Å². The maximum absolute atomic E-state index is 13.1. The van der Waals surface area contributed by atoms with E-state index in [0.717, 1.165) is 19.1 Å². The Morgan fingerprint density at radius 3 is 2.61 bits per heavy atom. The minimum atomic E-state index is -4.08. The third kappa shape index (κ3) is 3.10. The van der Waals surface area contributed by atoms with E-state index in [9.17, 15) is 17.6 Å². The second-order valence-electron chi connectivity index (χ2n) is 3.48. The number of sulfonamides is 1. The molecule has 0 amide bonds. The molecule has 1 aromatic carbocycles. The number of carboxylic acids is 1. The maximum atomic E-state index is 13.1. The van der Waals surface area contributed by atoms with Gasteiger partial charge in [-0.25, -0.2) is 12.8 Å². The smallest absolute Gasteiger partial charge is 0.323 e. The number of anilines is 1. The highest BCUT2D eigenvalue weighted by Gasteiger charge is 2.27. The number of halogens is 1. The fourth-order valence-corrected chi connectivity index (χ4v) is 2.01. The van der Waals surface area contributed by atoms with Crippen LogP contribution in [-0.2, 0) is 14.8 Å². The van der Waals surface area contributed by atoms with Crippen LogP contribution in [0.5, 0.6) is 5.75 Å². The number of hydrogen-bond acceptors (Lipinski definition) is 4. The van der Waals surface area contributed by atoms with Crippen LogP contribution in [0.25, 0.3) is 0 Å². The Balaban J connectivity index is 3.01. The molecule has 18 heavy (non-hydrogen) atoms. The molecule has 2 N–H and O–H groups in total. The summed E-state index contributed by atoms with van der Waals surface area (Å²) in [6.07, 6.45) is 0. The zero-order valence-corrected chi connectivity index (χ0v) is 10.5. The zero-order chi connectivity index (χ0) is 13.9. The average molecular weight is 277 g/mol. The Morgan fingerprint density at radius 2 is 2.11 bits per heavy atom. The third-order valence-corrected chi connectivity index (χ3v) is 3.88. The third-order valence-electron chi connectivity index (χ3n) is 2.22. The number of ether oxygens (including phenoxy) is 1. The molecule has 1 aromatic rings. The predicted molar refractivity (Wildman–Crippen MR) is 62.6 cm³/mol. The van der Waals surface area contributed by atoms with Gasteiger partial charge in [0.1, 0.15) is 0 Å². The second kappa shape index (κ2) is 5.21. The molecule has 0 spiro atoms. The number of carbonyl (C=O) groups is 1. The fourth-order valence-electron chi connectivity index (χ4n) is 1.11. The molecule has 0 fully saturated rings. The van der Waals surface area contributed by atoms with Crippen molar-refractivity contribution in [3.8, 4) is 5.75 Å². The Bertz CT molecular complexity index is 557. The van der Waals surface area contributed by atoms with Gasteiger partial charge in [0.25, 0.3) is 0 Å². The molecular weight excluding hydrogens is 265 g/mol. The van der Waals surface area contributed by atoms with Crippen molar-refractivity contribution in [1.82, 2.24) is 0 Å². The van der Waals surface area contributed by atoms with Crippen molar-refractivity contribution in [2.45, 2.75) is 12.2 Å². The van der Waals surface area contributed by atoms with Crippen LogP contribution in [0.15, 0.2) is 18.2 Å². The van der Waals surface area contributed by atoms with Crippen LogP contribution in [-0.4, -0.2) is 31.9 Å². The highest BCUT2D eigenvalue weighted by molar-refractivity contribution is 7.94. The highest BCUT2D eigenvalue weighted by atomic mass is 32.2. The van der Waals surface area contributed by atoms with Gasteiger partial charge >= 0.3 is 5.97 Å². The summed E-state index contributed by atoms with van der Waals surface area (Å²) >= 11 is 0. The molecule has 0 saturated heterocycles. The van der Waals surface area contributed by atoms with Gasteiger partial charge in [0.15, 0.2) is 16.8 Å². The van der Waals surface area contributed by atoms with E-state index in [1.54, 1.807) is 0 Å². The number of carboxylic acid groups (broad SMARTS) is 1. The molecule has 0 bridgehead atoms. The Labute approximate surface area is 103 Å². The molecule has 0 heterocycles. The van der Waals surface area contributed by atoms with Crippen LogP contribution in [0.1, 0.15) is 6.92 Å². The molecule has 0 radical (unpaired) electrons. The molecule has 100 valence electrons. The summed E-state index contributed by atoms with van der Waals surface area (Å²) in [5.41, 5.74) is 0.0290. The average Bonchev–Trinajstić information content (AvgIpc) is 2.30. The minimum absolute atomic E-state index is 0.0290. The van der Waals surface area contributed by atoms with Crippen molar-refractivity contribution in [3.63, 3.8) is 0 Å². The van der Waals surface area contributed by atoms with Gasteiger partial charge in [0.2, 0.25) is 10.0 Å². The summed E-state index contributed by atoms with van der Waals surface area (Å²) in [6.45, 7) is 1.03. The summed E-state index contributed by atoms with van der Waals surface area (Å²) in [4.78, 5) is 10.6. The largest absolute Gasteiger partial charge is 0.494 e. The number of aliphatic carboxylic acids is 1. The lowest BCUT2D eigenvalue weighted by Gasteiger charge is -2.12. The van der Waals surface area contributed by atoms with Gasteiger partial charge in [-0.05, 0) is 19.1 Å². The van der Waals surface area contributed by atoms with Crippen molar-refractivity contribution in [2.75, 3.05) is 11.8 Å². The van der Waals surface area contributed by atoms with Crippen LogP contribution in [0.3, 0.4) is 0 Å². The lowest BCUT2D eigenvalue weighted by molar-refractivity contribution is -0.136. The van der Waals surface area contributed by atoms with Gasteiger partial charge in [-0.2, -0.15) is 0 Å². The van der Waals surface area contributed by atoms with Gasteiger partial charge in [-0.1, -0.05) is 0 Å². The normalized spacial score (nSPS) is 12.8. The van der Waals surface area contributed by atoms with E-state index in [0.29, 0.717) is 0 Å².